The van der Waals surface area contributed by atoms with Gasteiger partial charge in [0.2, 0.25) is 5.89 Å². The van der Waals surface area contributed by atoms with Crippen LogP contribution in [0.25, 0.3) is 0 Å². The molecule has 11 heteroatoms. The van der Waals surface area contributed by atoms with Crippen molar-refractivity contribution in [2.45, 2.75) is 25.5 Å². The highest BCUT2D eigenvalue weighted by molar-refractivity contribution is 5.30. The molecule has 21 heavy (non-hydrogen) atoms. The average molecular weight is 309 g/mol. The maximum absolute atomic E-state index is 12.6. The number of ether oxygens (including phenoxy) is 1. The van der Waals surface area contributed by atoms with Crippen LogP contribution >= 0.6 is 0 Å². The fourth-order valence-electron chi connectivity index (χ4n) is 1.36. The second kappa shape index (κ2) is 6.08. The summed E-state index contributed by atoms with van der Waals surface area (Å²) >= 11 is 0. The van der Waals surface area contributed by atoms with E-state index in [1.807, 2.05) is 0 Å². The van der Waals surface area contributed by atoms with E-state index in [2.05, 4.69) is 20.0 Å². The number of nitrogens with two attached hydrogens (primary N) is 1. The Hall–Kier alpha value is -2.17. The lowest BCUT2D eigenvalue weighted by molar-refractivity contribution is -0.168. The minimum Gasteiger partial charge on any atom is -0.396 e. The summed E-state index contributed by atoms with van der Waals surface area (Å²) in [5.74, 6) is -4.09. The van der Waals surface area contributed by atoms with Gasteiger partial charge in [-0.25, -0.2) is 8.78 Å². The van der Waals surface area contributed by atoms with E-state index in [9.17, 15) is 17.6 Å². The first kappa shape index (κ1) is 15.2. The van der Waals surface area contributed by atoms with Gasteiger partial charge in [-0.3, -0.25) is 4.68 Å². The molecule has 0 fully saturated rings. The summed E-state index contributed by atoms with van der Waals surface area (Å²) in [7, 11) is 0. The van der Waals surface area contributed by atoms with Crippen molar-refractivity contribution in [2.75, 3.05) is 12.3 Å². The summed E-state index contributed by atoms with van der Waals surface area (Å²) in [5.41, 5.74) is 5.92. The van der Waals surface area contributed by atoms with Crippen molar-refractivity contribution in [2.24, 2.45) is 0 Å². The SMILES string of the molecule is Nc1cnn(Cc2nc(COCC(F)(F)C(F)F)no2)c1. The van der Waals surface area contributed by atoms with Crippen LogP contribution in [0.3, 0.4) is 0 Å². The van der Waals surface area contributed by atoms with Gasteiger partial charge in [0.25, 0.3) is 0 Å². The second-order valence-electron chi connectivity index (χ2n) is 4.13. The number of halogens is 4. The topological polar surface area (TPSA) is 92.0 Å². The first-order chi connectivity index (χ1) is 9.87. The third-order valence-electron chi connectivity index (χ3n) is 2.31. The van der Waals surface area contributed by atoms with Crippen LogP contribution in [-0.4, -0.2) is 38.9 Å². The van der Waals surface area contributed by atoms with Gasteiger partial charge in [0, 0.05) is 6.20 Å². The first-order valence-corrected chi connectivity index (χ1v) is 5.70. The molecule has 7 nitrogen and oxygen atoms in total. The predicted molar refractivity (Wildman–Crippen MR) is 60.6 cm³/mol. The molecule has 0 aliphatic heterocycles. The minimum atomic E-state index is -4.21. The molecule has 0 atom stereocenters. The Morgan fingerprint density at radius 1 is 1.43 bits per heavy atom. The van der Waals surface area contributed by atoms with E-state index in [-0.39, 0.29) is 18.3 Å². The van der Waals surface area contributed by atoms with Crippen LogP contribution in [0.15, 0.2) is 16.9 Å². The van der Waals surface area contributed by atoms with Crippen molar-refractivity contribution in [1.82, 2.24) is 19.9 Å². The highest BCUT2D eigenvalue weighted by atomic mass is 19.3. The zero-order valence-electron chi connectivity index (χ0n) is 10.5. The largest absolute Gasteiger partial charge is 0.396 e. The molecule has 0 spiro atoms. The molecule has 2 rings (SSSR count). The molecule has 0 saturated heterocycles. The number of aromatic nitrogens is 4. The molecule has 0 aromatic carbocycles. The van der Waals surface area contributed by atoms with Gasteiger partial charge in [0.15, 0.2) is 5.82 Å². The summed E-state index contributed by atoms with van der Waals surface area (Å²) in [6.45, 7) is -1.76. The van der Waals surface area contributed by atoms with Crippen LogP contribution in [0, 0.1) is 0 Å². The van der Waals surface area contributed by atoms with Crippen molar-refractivity contribution >= 4 is 5.69 Å². The maximum atomic E-state index is 12.6. The Balaban J connectivity index is 1.83. The number of rotatable bonds is 7. The Morgan fingerprint density at radius 2 is 2.19 bits per heavy atom. The molecule has 0 unspecified atom stereocenters. The number of hydrogen-bond donors (Lipinski definition) is 1. The molecule has 0 radical (unpaired) electrons. The molecule has 0 aliphatic carbocycles. The lowest BCUT2D eigenvalue weighted by atomic mass is 10.4. The fourth-order valence-corrected chi connectivity index (χ4v) is 1.36. The lowest BCUT2D eigenvalue weighted by Gasteiger charge is -2.14. The summed E-state index contributed by atoms with van der Waals surface area (Å²) in [6, 6.07) is 0. The molecule has 2 N–H and O–H groups in total. The number of alkyl halides is 4. The third kappa shape index (κ3) is 4.15. The van der Waals surface area contributed by atoms with Crippen LogP contribution in [0.1, 0.15) is 11.7 Å². The van der Waals surface area contributed by atoms with Crippen molar-refractivity contribution in [3.8, 4) is 0 Å². The van der Waals surface area contributed by atoms with Crippen molar-refractivity contribution in [3.63, 3.8) is 0 Å². The molecule has 0 saturated carbocycles. The van der Waals surface area contributed by atoms with Crippen LogP contribution in [0.2, 0.25) is 0 Å². The van der Waals surface area contributed by atoms with Crippen LogP contribution in [-0.2, 0) is 17.9 Å². The number of nitrogens with zero attached hydrogens (tertiary/aromatic N) is 4. The molecule has 0 bridgehead atoms. The third-order valence-corrected chi connectivity index (χ3v) is 2.31. The van der Waals surface area contributed by atoms with Crippen molar-refractivity contribution < 1.29 is 26.8 Å². The van der Waals surface area contributed by atoms with Crippen LogP contribution in [0.5, 0.6) is 0 Å². The van der Waals surface area contributed by atoms with Gasteiger partial charge in [-0.05, 0) is 0 Å². The molecule has 0 aliphatic rings. The van der Waals surface area contributed by atoms with E-state index >= 15 is 0 Å². The zero-order chi connectivity index (χ0) is 15.5. The van der Waals surface area contributed by atoms with Gasteiger partial charge in [-0.1, -0.05) is 5.16 Å². The van der Waals surface area contributed by atoms with Crippen molar-refractivity contribution in [3.05, 3.63) is 24.1 Å². The first-order valence-electron chi connectivity index (χ1n) is 5.70. The number of hydrogen-bond acceptors (Lipinski definition) is 6. The molecule has 2 aromatic rings. The summed E-state index contributed by atoms with van der Waals surface area (Å²) < 4.78 is 59.7. The highest BCUT2D eigenvalue weighted by Gasteiger charge is 2.41. The van der Waals surface area contributed by atoms with E-state index in [0.29, 0.717) is 5.69 Å². The smallest absolute Gasteiger partial charge is 0.330 e. The highest BCUT2D eigenvalue weighted by Crippen LogP contribution is 2.23. The van der Waals surface area contributed by atoms with Crippen LogP contribution < -0.4 is 5.73 Å². The molecular formula is C10H11F4N5O2. The molecule has 2 aromatic heterocycles. The Bertz CT molecular complexity index is 586. The van der Waals surface area contributed by atoms with E-state index < -0.39 is 25.6 Å². The van der Waals surface area contributed by atoms with Gasteiger partial charge in [-0.15, -0.1) is 0 Å². The van der Waals surface area contributed by atoms with Gasteiger partial charge in [0.05, 0.1) is 11.9 Å². The standard InChI is InChI=1S/C10H11F4N5O2/c11-9(12)10(13,14)5-20-4-7-17-8(21-18-7)3-19-2-6(15)1-16-19/h1-2,9H,3-5,15H2. The summed E-state index contributed by atoms with van der Waals surface area (Å²) in [4.78, 5) is 3.84. The minimum absolute atomic E-state index is 0.0322. The average Bonchev–Trinajstić information content (AvgIpc) is 2.99. The van der Waals surface area contributed by atoms with E-state index in [0.717, 1.165) is 0 Å². The maximum Gasteiger partial charge on any atom is 0.330 e. The molecule has 2 heterocycles. The van der Waals surface area contributed by atoms with E-state index in [1.165, 1.54) is 17.1 Å². The molecule has 0 amide bonds. The molecular weight excluding hydrogens is 298 g/mol. The Labute approximate surface area is 115 Å². The fraction of sp³-hybridized carbons (Fsp3) is 0.500. The monoisotopic (exact) mass is 309 g/mol. The van der Waals surface area contributed by atoms with Gasteiger partial charge >= 0.3 is 12.3 Å². The summed E-state index contributed by atoms with van der Waals surface area (Å²) in [6.07, 6.45) is -0.834. The number of nitrogen functional groups attached to an aromatic ring is 1. The predicted octanol–water partition coefficient (Wildman–Crippen LogP) is 1.31. The van der Waals surface area contributed by atoms with E-state index in [4.69, 9.17) is 10.3 Å². The van der Waals surface area contributed by atoms with Gasteiger partial charge < -0.3 is 15.0 Å². The van der Waals surface area contributed by atoms with Gasteiger partial charge in [-0.2, -0.15) is 18.9 Å². The second-order valence-corrected chi connectivity index (χ2v) is 4.13. The number of anilines is 1. The van der Waals surface area contributed by atoms with Crippen LogP contribution in [0.4, 0.5) is 23.2 Å². The lowest BCUT2D eigenvalue weighted by Crippen LogP contribution is -2.32. The Morgan fingerprint density at radius 3 is 2.81 bits per heavy atom. The summed E-state index contributed by atoms with van der Waals surface area (Å²) in [5, 5.41) is 7.35. The van der Waals surface area contributed by atoms with Gasteiger partial charge in [0.1, 0.15) is 19.8 Å². The van der Waals surface area contributed by atoms with E-state index in [1.54, 1.807) is 0 Å². The normalized spacial score (nSPS) is 12.2. The quantitative estimate of drug-likeness (QED) is 0.775. The van der Waals surface area contributed by atoms with Crippen molar-refractivity contribution in [1.29, 1.82) is 0 Å². The molecule has 116 valence electrons. The Kier molecular flexibility index (Phi) is 4.40. The zero-order valence-corrected chi connectivity index (χ0v) is 10.5.